The number of benzene rings is 3. The van der Waals surface area contributed by atoms with E-state index in [-0.39, 0.29) is 18.4 Å². The van der Waals surface area contributed by atoms with Crippen LogP contribution in [0.1, 0.15) is 21.5 Å². The quantitative estimate of drug-likeness (QED) is 0.413. The normalized spacial score (nSPS) is 10.5. The first kappa shape index (κ1) is 22.2. The van der Waals surface area contributed by atoms with Crippen LogP contribution < -0.4 is 11.1 Å². The van der Waals surface area contributed by atoms with Crippen LogP contribution in [0.5, 0.6) is 0 Å². The van der Waals surface area contributed by atoms with Crippen molar-refractivity contribution in [1.29, 1.82) is 0 Å². The first-order valence-corrected chi connectivity index (χ1v) is 11.4. The molecule has 166 valence electrons. The second-order valence-electron chi connectivity index (χ2n) is 7.55. The Hall–Kier alpha value is -3.97. The molecule has 1 aromatic heterocycles. The van der Waals surface area contributed by atoms with E-state index in [1.807, 2.05) is 78.2 Å². The zero-order valence-corrected chi connectivity index (χ0v) is 18.8. The minimum atomic E-state index is -0.299. The van der Waals surface area contributed by atoms with Crippen molar-refractivity contribution < 1.29 is 9.59 Å². The van der Waals surface area contributed by atoms with E-state index in [2.05, 4.69) is 10.3 Å². The summed E-state index contributed by atoms with van der Waals surface area (Å²) in [6, 6.07) is 26.7. The van der Waals surface area contributed by atoms with Crippen LogP contribution in [0.25, 0.3) is 11.3 Å². The van der Waals surface area contributed by atoms with E-state index in [4.69, 9.17) is 5.73 Å². The number of rotatable bonds is 8. The van der Waals surface area contributed by atoms with Crippen LogP contribution in [0.2, 0.25) is 0 Å². The molecular weight excluding hydrogens is 432 g/mol. The number of aromatic nitrogens is 1. The Morgan fingerprint density at radius 3 is 1.94 bits per heavy atom. The van der Waals surface area contributed by atoms with Gasteiger partial charge in [-0.1, -0.05) is 72.8 Å². The lowest BCUT2D eigenvalue weighted by atomic mass is 10.1. The molecule has 0 radical (unpaired) electrons. The molecule has 4 rings (SSSR count). The smallest absolute Gasteiger partial charge is 0.251 e. The summed E-state index contributed by atoms with van der Waals surface area (Å²) in [6.07, 6.45) is 0. The molecule has 1 heterocycles. The maximum atomic E-state index is 13.0. The lowest BCUT2D eigenvalue weighted by Gasteiger charge is -2.23. The number of thiazole rings is 1. The third-order valence-corrected chi connectivity index (χ3v) is 5.82. The Morgan fingerprint density at radius 2 is 1.42 bits per heavy atom. The molecule has 0 spiro atoms. The second-order valence-corrected chi connectivity index (χ2v) is 8.44. The third-order valence-electron chi connectivity index (χ3n) is 5.15. The predicted molar refractivity (Wildman–Crippen MR) is 131 cm³/mol. The molecule has 3 N–H and O–H groups in total. The molecule has 3 aromatic carbocycles. The molecule has 0 saturated carbocycles. The number of nitrogen functional groups attached to an aromatic ring is 1. The third kappa shape index (κ3) is 6.05. The summed E-state index contributed by atoms with van der Waals surface area (Å²) in [5.74, 6) is -0.447. The molecule has 33 heavy (non-hydrogen) atoms. The summed E-state index contributed by atoms with van der Waals surface area (Å²) in [7, 11) is 0. The van der Waals surface area contributed by atoms with Gasteiger partial charge < -0.3 is 16.0 Å². The van der Waals surface area contributed by atoms with Crippen molar-refractivity contribution in [3.8, 4) is 11.3 Å². The summed E-state index contributed by atoms with van der Waals surface area (Å²) < 4.78 is 0. The van der Waals surface area contributed by atoms with Crippen molar-refractivity contribution in [2.24, 2.45) is 0 Å². The summed E-state index contributed by atoms with van der Waals surface area (Å²) in [5, 5.41) is 5.12. The van der Waals surface area contributed by atoms with Crippen molar-refractivity contribution in [2.45, 2.75) is 13.1 Å². The van der Waals surface area contributed by atoms with Gasteiger partial charge >= 0.3 is 0 Å². The highest BCUT2D eigenvalue weighted by molar-refractivity contribution is 7.13. The number of nitrogens with zero attached hydrogens (tertiary/aromatic N) is 2. The van der Waals surface area contributed by atoms with Gasteiger partial charge in [-0.2, -0.15) is 0 Å². The van der Waals surface area contributed by atoms with Crippen molar-refractivity contribution in [3.05, 3.63) is 107 Å². The molecular formula is C26H24N4O2S. The number of anilines is 1. The van der Waals surface area contributed by atoms with Crippen molar-refractivity contribution in [2.75, 3.05) is 12.3 Å². The number of carbonyl (C=O) groups excluding carboxylic acids is 2. The van der Waals surface area contributed by atoms with Crippen LogP contribution in [0.4, 0.5) is 5.13 Å². The molecule has 0 aliphatic rings. The summed E-state index contributed by atoms with van der Waals surface area (Å²) in [6.45, 7) is 0.856. The van der Waals surface area contributed by atoms with E-state index in [1.165, 1.54) is 11.3 Å². The molecule has 4 aromatic rings. The summed E-state index contributed by atoms with van der Waals surface area (Å²) in [5.41, 5.74) is 9.89. The Labute approximate surface area is 196 Å². The maximum Gasteiger partial charge on any atom is 0.251 e. The number of carbonyl (C=O) groups is 2. The van der Waals surface area contributed by atoms with E-state index >= 15 is 0 Å². The van der Waals surface area contributed by atoms with Gasteiger partial charge in [-0.25, -0.2) is 4.98 Å². The largest absolute Gasteiger partial charge is 0.375 e. The van der Waals surface area contributed by atoms with Crippen molar-refractivity contribution >= 4 is 28.3 Å². The highest BCUT2D eigenvalue weighted by Gasteiger charge is 2.16. The van der Waals surface area contributed by atoms with Gasteiger partial charge in [0.2, 0.25) is 5.91 Å². The topological polar surface area (TPSA) is 88.3 Å². The van der Waals surface area contributed by atoms with Gasteiger partial charge in [0.15, 0.2) is 5.13 Å². The SMILES string of the molecule is Nc1nc(-c2ccc(C(=O)NCC(=O)N(Cc3ccccc3)Cc3ccccc3)cc2)cs1. The minimum Gasteiger partial charge on any atom is -0.375 e. The standard InChI is InChI=1S/C26H24N4O2S/c27-26-29-23(18-33-26)21-11-13-22(14-12-21)25(32)28-15-24(31)30(16-19-7-3-1-4-8-19)17-20-9-5-2-6-10-20/h1-14,18H,15-17H2,(H2,27,29)(H,28,32). The van der Waals surface area contributed by atoms with E-state index < -0.39 is 0 Å². The molecule has 0 atom stereocenters. The molecule has 0 saturated heterocycles. The van der Waals surface area contributed by atoms with Gasteiger partial charge in [-0.05, 0) is 23.3 Å². The van der Waals surface area contributed by atoms with Gasteiger partial charge in [0, 0.05) is 29.6 Å². The number of hydrogen-bond donors (Lipinski definition) is 2. The molecule has 2 amide bonds. The van der Waals surface area contributed by atoms with Crippen molar-refractivity contribution in [3.63, 3.8) is 0 Å². The Balaban J connectivity index is 1.40. The van der Waals surface area contributed by atoms with Crippen LogP contribution in [0.3, 0.4) is 0 Å². The van der Waals surface area contributed by atoms with E-state index in [0.717, 1.165) is 22.4 Å². The van der Waals surface area contributed by atoms with Crippen LogP contribution in [0.15, 0.2) is 90.3 Å². The molecule has 0 fully saturated rings. The number of amides is 2. The Kier molecular flexibility index (Phi) is 7.12. The summed E-state index contributed by atoms with van der Waals surface area (Å²) in [4.78, 5) is 31.6. The van der Waals surface area contributed by atoms with Crippen LogP contribution in [-0.2, 0) is 17.9 Å². The van der Waals surface area contributed by atoms with Gasteiger partial charge in [0.1, 0.15) is 0 Å². The fourth-order valence-corrected chi connectivity index (χ4v) is 3.99. The average molecular weight is 457 g/mol. The highest BCUT2D eigenvalue weighted by atomic mass is 32.1. The fraction of sp³-hybridized carbons (Fsp3) is 0.115. The molecule has 0 bridgehead atoms. The van der Waals surface area contributed by atoms with Gasteiger partial charge in [-0.15, -0.1) is 11.3 Å². The van der Waals surface area contributed by atoms with Crippen LogP contribution >= 0.6 is 11.3 Å². The van der Waals surface area contributed by atoms with E-state index in [9.17, 15) is 9.59 Å². The van der Waals surface area contributed by atoms with Gasteiger partial charge in [0.25, 0.3) is 5.91 Å². The summed E-state index contributed by atoms with van der Waals surface area (Å²) >= 11 is 1.37. The van der Waals surface area contributed by atoms with Crippen LogP contribution in [-0.4, -0.2) is 28.2 Å². The highest BCUT2D eigenvalue weighted by Crippen LogP contribution is 2.23. The lowest BCUT2D eigenvalue weighted by Crippen LogP contribution is -2.39. The first-order chi connectivity index (χ1) is 16.1. The number of nitrogens with one attached hydrogen (secondary N) is 1. The van der Waals surface area contributed by atoms with E-state index in [0.29, 0.717) is 23.8 Å². The predicted octanol–water partition coefficient (Wildman–Crippen LogP) is 4.35. The lowest BCUT2D eigenvalue weighted by molar-refractivity contribution is -0.131. The zero-order chi connectivity index (χ0) is 23.0. The average Bonchev–Trinajstić information content (AvgIpc) is 3.29. The van der Waals surface area contributed by atoms with Crippen LogP contribution in [0, 0.1) is 0 Å². The Bertz CT molecular complexity index is 1170. The monoisotopic (exact) mass is 456 g/mol. The minimum absolute atomic E-state index is 0.0805. The molecule has 0 aliphatic heterocycles. The molecule has 0 unspecified atom stereocenters. The molecule has 7 heteroatoms. The fourth-order valence-electron chi connectivity index (χ4n) is 3.42. The Morgan fingerprint density at radius 1 is 0.848 bits per heavy atom. The van der Waals surface area contributed by atoms with Crippen molar-refractivity contribution in [1.82, 2.24) is 15.2 Å². The van der Waals surface area contributed by atoms with Gasteiger partial charge in [0.05, 0.1) is 12.2 Å². The molecule has 6 nitrogen and oxygen atoms in total. The number of hydrogen-bond acceptors (Lipinski definition) is 5. The number of nitrogens with two attached hydrogens (primary N) is 1. The first-order valence-electron chi connectivity index (χ1n) is 10.5. The molecule has 0 aliphatic carbocycles. The van der Waals surface area contributed by atoms with Gasteiger partial charge in [-0.3, -0.25) is 9.59 Å². The zero-order valence-electron chi connectivity index (χ0n) is 18.0. The second kappa shape index (κ2) is 10.6. The van der Waals surface area contributed by atoms with E-state index in [1.54, 1.807) is 17.0 Å². The maximum absolute atomic E-state index is 13.0.